The molecule has 3 rings (SSSR count). The fourth-order valence-electron chi connectivity index (χ4n) is 2.13. The third-order valence-electron chi connectivity index (χ3n) is 3.12. The summed E-state index contributed by atoms with van der Waals surface area (Å²) in [6, 6.07) is 8.04. The zero-order valence-corrected chi connectivity index (χ0v) is 10.7. The van der Waals surface area contributed by atoms with Gasteiger partial charge in [0.05, 0.1) is 19.2 Å². The van der Waals surface area contributed by atoms with Gasteiger partial charge in [0.25, 0.3) is 0 Å². The lowest BCUT2D eigenvalue weighted by atomic mass is 10.1. The average Bonchev–Trinajstić information content (AvgIpc) is 3.07. The minimum Gasteiger partial charge on any atom is -0.467 e. The first-order valence-corrected chi connectivity index (χ1v) is 6.27. The fraction of sp³-hybridized carbons (Fsp3) is 0.133. The van der Waals surface area contributed by atoms with Gasteiger partial charge in [-0.3, -0.25) is 4.79 Å². The van der Waals surface area contributed by atoms with Crippen LogP contribution in [0.3, 0.4) is 0 Å². The number of hydrogen-bond acceptors (Lipinski definition) is 2. The smallest absolute Gasteiger partial charge is 0.224 e. The van der Waals surface area contributed by atoms with Crippen molar-refractivity contribution in [1.29, 1.82) is 0 Å². The number of fused-ring (bicyclic) bond motifs is 1. The number of H-pyrrole nitrogens is 1. The van der Waals surface area contributed by atoms with Crippen LogP contribution < -0.4 is 5.32 Å². The molecule has 2 N–H and O–H groups in total. The number of hydrogen-bond donors (Lipinski definition) is 2. The molecular formula is C15H13FN2O2. The molecule has 0 unspecified atom stereocenters. The summed E-state index contributed by atoms with van der Waals surface area (Å²) < 4.78 is 18.4. The Morgan fingerprint density at radius 1 is 1.35 bits per heavy atom. The summed E-state index contributed by atoms with van der Waals surface area (Å²) >= 11 is 0. The molecule has 3 aromatic rings. The Morgan fingerprint density at radius 2 is 2.25 bits per heavy atom. The molecule has 0 spiro atoms. The van der Waals surface area contributed by atoms with Gasteiger partial charge in [-0.25, -0.2) is 4.39 Å². The van der Waals surface area contributed by atoms with Gasteiger partial charge in [-0.2, -0.15) is 0 Å². The topological polar surface area (TPSA) is 58.0 Å². The molecule has 0 bridgehead atoms. The van der Waals surface area contributed by atoms with Crippen LogP contribution in [0, 0.1) is 5.82 Å². The van der Waals surface area contributed by atoms with Gasteiger partial charge in [0, 0.05) is 17.1 Å². The van der Waals surface area contributed by atoms with Crippen LogP contribution in [0.25, 0.3) is 10.9 Å². The molecule has 0 aliphatic rings. The molecule has 0 fully saturated rings. The predicted molar refractivity (Wildman–Crippen MR) is 72.5 cm³/mol. The molecule has 20 heavy (non-hydrogen) atoms. The van der Waals surface area contributed by atoms with Gasteiger partial charge >= 0.3 is 0 Å². The molecule has 2 heterocycles. The van der Waals surface area contributed by atoms with Crippen LogP contribution in [-0.4, -0.2) is 10.9 Å². The first-order chi connectivity index (χ1) is 9.72. The van der Waals surface area contributed by atoms with E-state index in [0.717, 1.165) is 16.5 Å². The fourth-order valence-corrected chi connectivity index (χ4v) is 2.13. The minimum atomic E-state index is -0.311. The first kappa shape index (κ1) is 12.5. The van der Waals surface area contributed by atoms with Crippen molar-refractivity contribution >= 4 is 16.8 Å². The van der Waals surface area contributed by atoms with Gasteiger partial charge < -0.3 is 14.7 Å². The molecule has 2 aromatic heterocycles. The summed E-state index contributed by atoms with van der Waals surface area (Å²) in [5.74, 6) is 0.254. The van der Waals surface area contributed by atoms with Crippen LogP contribution in [-0.2, 0) is 17.8 Å². The zero-order chi connectivity index (χ0) is 13.9. The standard InChI is InChI=1S/C15H13FN2O2/c16-11-3-4-14-13(7-11)10(8-17-14)6-15(19)18-9-12-2-1-5-20-12/h1-5,7-8,17H,6,9H2,(H,18,19). The highest BCUT2D eigenvalue weighted by atomic mass is 19.1. The lowest BCUT2D eigenvalue weighted by Crippen LogP contribution is -2.24. The molecule has 102 valence electrons. The molecular weight excluding hydrogens is 259 g/mol. The van der Waals surface area contributed by atoms with E-state index in [1.165, 1.54) is 12.1 Å². The second kappa shape index (κ2) is 5.21. The van der Waals surface area contributed by atoms with Crippen molar-refractivity contribution in [2.24, 2.45) is 0 Å². The Bertz CT molecular complexity index is 732. The highest BCUT2D eigenvalue weighted by Gasteiger charge is 2.09. The van der Waals surface area contributed by atoms with Gasteiger partial charge in [0.15, 0.2) is 0 Å². The molecule has 0 saturated carbocycles. The number of amides is 1. The van der Waals surface area contributed by atoms with Crippen LogP contribution in [0.1, 0.15) is 11.3 Å². The molecule has 0 saturated heterocycles. The quantitative estimate of drug-likeness (QED) is 0.767. The van der Waals surface area contributed by atoms with Gasteiger partial charge in [-0.1, -0.05) is 0 Å². The van der Waals surface area contributed by atoms with Gasteiger partial charge in [0.1, 0.15) is 11.6 Å². The molecule has 0 aliphatic heterocycles. The second-order valence-electron chi connectivity index (χ2n) is 4.54. The number of aromatic nitrogens is 1. The van der Waals surface area contributed by atoms with E-state index in [2.05, 4.69) is 10.3 Å². The molecule has 0 atom stereocenters. The maximum absolute atomic E-state index is 13.2. The van der Waals surface area contributed by atoms with Crippen molar-refractivity contribution in [2.45, 2.75) is 13.0 Å². The van der Waals surface area contributed by atoms with E-state index in [1.807, 2.05) is 0 Å². The Labute approximate surface area is 114 Å². The van der Waals surface area contributed by atoms with Crippen molar-refractivity contribution < 1.29 is 13.6 Å². The first-order valence-electron chi connectivity index (χ1n) is 6.27. The summed E-state index contributed by atoms with van der Waals surface area (Å²) in [6.07, 6.45) is 3.49. The van der Waals surface area contributed by atoms with Crippen molar-refractivity contribution in [3.8, 4) is 0 Å². The SMILES string of the molecule is O=C(Cc1c[nH]c2ccc(F)cc12)NCc1ccco1. The molecule has 1 amide bonds. The number of aromatic amines is 1. The maximum atomic E-state index is 13.2. The predicted octanol–water partition coefficient (Wildman–Crippen LogP) is 2.76. The minimum absolute atomic E-state index is 0.133. The highest BCUT2D eigenvalue weighted by molar-refractivity contribution is 5.88. The monoisotopic (exact) mass is 272 g/mol. The van der Waals surface area contributed by atoms with Crippen molar-refractivity contribution in [3.63, 3.8) is 0 Å². The zero-order valence-electron chi connectivity index (χ0n) is 10.7. The van der Waals surface area contributed by atoms with Crippen LogP contribution in [0.2, 0.25) is 0 Å². The Kier molecular flexibility index (Phi) is 3.25. The largest absolute Gasteiger partial charge is 0.467 e. The second-order valence-corrected chi connectivity index (χ2v) is 4.54. The van der Waals surface area contributed by atoms with E-state index in [9.17, 15) is 9.18 Å². The van der Waals surface area contributed by atoms with E-state index < -0.39 is 0 Å². The summed E-state index contributed by atoms with van der Waals surface area (Å²) in [4.78, 5) is 14.9. The molecule has 1 aromatic carbocycles. The van der Waals surface area contributed by atoms with Gasteiger partial charge in [0.2, 0.25) is 5.91 Å². The summed E-state index contributed by atoms with van der Waals surface area (Å²) in [5, 5.41) is 3.50. The van der Waals surface area contributed by atoms with Crippen molar-refractivity contribution in [1.82, 2.24) is 10.3 Å². The summed E-state index contributed by atoms with van der Waals surface area (Å²) in [5.41, 5.74) is 1.59. The van der Waals surface area contributed by atoms with E-state index in [-0.39, 0.29) is 18.1 Å². The number of benzene rings is 1. The van der Waals surface area contributed by atoms with E-state index in [1.54, 1.807) is 30.7 Å². The van der Waals surface area contributed by atoms with Crippen LogP contribution >= 0.6 is 0 Å². The van der Waals surface area contributed by atoms with E-state index >= 15 is 0 Å². The lowest BCUT2D eigenvalue weighted by Gasteiger charge is -2.02. The average molecular weight is 272 g/mol. The molecule has 0 aliphatic carbocycles. The number of rotatable bonds is 4. The van der Waals surface area contributed by atoms with Crippen LogP contribution in [0.15, 0.2) is 47.2 Å². The van der Waals surface area contributed by atoms with Crippen molar-refractivity contribution in [3.05, 3.63) is 59.9 Å². The number of halogens is 1. The normalized spacial score (nSPS) is 10.8. The molecule has 0 radical (unpaired) electrons. The van der Waals surface area contributed by atoms with Crippen molar-refractivity contribution in [2.75, 3.05) is 0 Å². The van der Waals surface area contributed by atoms with Crippen LogP contribution in [0.4, 0.5) is 4.39 Å². The molecule has 5 heteroatoms. The number of carbonyl (C=O) groups is 1. The summed E-state index contributed by atoms with van der Waals surface area (Å²) in [7, 11) is 0. The molecule has 4 nitrogen and oxygen atoms in total. The Hall–Kier alpha value is -2.56. The maximum Gasteiger partial charge on any atom is 0.224 e. The third kappa shape index (κ3) is 2.56. The Balaban J connectivity index is 1.69. The third-order valence-corrected chi connectivity index (χ3v) is 3.12. The van der Waals surface area contributed by atoms with E-state index in [4.69, 9.17) is 4.42 Å². The van der Waals surface area contributed by atoms with E-state index in [0.29, 0.717) is 12.3 Å². The lowest BCUT2D eigenvalue weighted by molar-refractivity contribution is -0.120. The number of nitrogens with one attached hydrogen (secondary N) is 2. The van der Waals surface area contributed by atoms with Crippen LogP contribution in [0.5, 0.6) is 0 Å². The summed E-state index contributed by atoms with van der Waals surface area (Å²) in [6.45, 7) is 0.350. The number of furan rings is 1. The highest BCUT2D eigenvalue weighted by Crippen LogP contribution is 2.19. The van der Waals surface area contributed by atoms with Gasteiger partial charge in [-0.05, 0) is 35.9 Å². The number of carbonyl (C=O) groups excluding carboxylic acids is 1. The van der Waals surface area contributed by atoms with Gasteiger partial charge in [-0.15, -0.1) is 0 Å². The Morgan fingerprint density at radius 3 is 3.05 bits per heavy atom.